The summed E-state index contributed by atoms with van der Waals surface area (Å²) in [6.45, 7) is 7.50. The third-order valence-corrected chi connectivity index (χ3v) is 4.89. The lowest BCUT2D eigenvalue weighted by atomic mass is 10.2. The molecule has 0 unspecified atom stereocenters. The maximum absolute atomic E-state index is 12.9. The van der Waals surface area contributed by atoms with Crippen molar-refractivity contribution in [2.75, 3.05) is 17.2 Å². The van der Waals surface area contributed by atoms with Gasteiger partial charge in [-0.2, -0.15) is 9.40 Å². The molecule has 0 aliphatic carbocycles. The van der Waals surface area contributed by atoms with Gasteiger partial charge in [0, 0.05) is 12.6 Å². The molecule has 0 N–H and O–H groups in total. The molecule has 140 valence electrons. The first-order valence-electron chi connectivity index (χ1n) is 8.05. The SMILES string of the molecule is C=CCCOc1ccc(C(=O)N(c2c(C)nn(C)c2C)S(C)(=O)=O)cc1. The molecular weight excluding hydrogens is 354 g/mol. The summed E-state index contributed by atoms with van der Waals surface area (Å²) in [6, 6.07) is 6.37. The van der Waals surface area contributed by atoms with Gasteiger partial charge < -0.3 is 4.74 Å². The Labute approximate surface area is 153 Å². The normalized spacial score (nSPS) is 11.2. The van der Waals surface area contributed by atoms with Crippen molar-refractivity contribution >= 4 is 21.6 Å². The Morgan fingerprint density at radius 2 is 1.92 bits per heavy atom. The number of nitrogens with zero attached hydrogens (tertiary/aromatic N) is 3. The second-order valence-electron chi connectivity index (χ2n) is 5.93. The van der Waals surface area contributed by atoms with Gasteiger partial charge in [-0.25, -0.2) is 8.42 Å². The maximum Gasteiger partial charge on any atom is 0.272 e. The van der Waals surface area contributed by atoms with Crippen molar-refractivity contribution in [3.8, 4) is 5.75 Å². The summed E-state index contributed by atoms with van der Waals surface area (Å²) in [7, 11) is -2.14. The quantitative estimate of drug-likeness (QED) is 0.547. The number of amides is 1. The van der Waals surface area contributed by atoms with Gasteiger partial charge in [0.05, 0.1) is 24.3 Å². The number of aryl methyl sites for hydroxylation is 2. The highest BCUT2D eigenvalue weighted by Crippen LogP contribution is 2.28. The van der Waals surface area contributed by atoms with Gasteiger partial charge in [0.15, 0.2) is 0 Å². The summed E-state index contributed by atoms with van der Waals surface area (Å²) in [5.41, 5.74) is 1.58. The number of rotatable bonds is 7. The van der Waals surface area contributed by atoms with Crippen LogP contribution < -0.4 is 9.04 Å². The van der Waals surface area contributed by atoms with Crippen LogP contribution in [0.15, 0.2) is 36.9 Å². The molecule has 8 heteroatoms. The zero-order chi connectivity index (χ0) is 19.5. The summed E-state index contributed by atoms with van der Waals surface area (Å²) in [4.78, 5) is 12.9. The van der Waals surface area contributed by atoms with Crippen LogP contribution in [-0.2, 0) is 17.1 Å². The average Bonchev–Trinajstić information content (AvgIpc) is 2.81. The minimum Gasteiger partial charge on any atom is -0.493 e. The predicted molar refractivity (Wildman–Crippen MR) is 101 cm³/mol. The monoisotopic (exact) mass is 377 g/mol. The second-order valence-corrected chi connectivity index (χ2v) is 7.76. The van der Waals surface area contributed by atoms with Crippen LogP contribution in [0.5, 0.6) is 5.75 Å². The topological polar surface area (TPSA) is 81.5 Å². The summed E-state index contributed by atoms with van der Waals surface area (Å²) in [6.07, 6.45) is 3.46. The molecule has 0 aliphatic heterocycles. The molecule has 1 aromatic heterocycles. The highest BCUT2D eigenvalue weighted by molar-refractivity contribution is 7.92. The number of hydrogen-bond acceptors (Lipinski definition) is 5. The number of sulfonamides is 1. The largest absolute Gasteiger partial charge is 0.493 e. The molecular formula is C18H23N3O4S. The molecule has 0 aliphatic rings. The standard InChI is InChI=1S/C18H23N3O4S/c1-6-7-12-25-16-10-8-15(9-11-16)18(22)21(26(5,23)24)17-13(2)19-20(4)14(17)3/h6,8-11H,1,7,12H2,2-5H3. The van der Waals surface area contributed by atoms with Crippen LogP contribution in [0.4, 0.5) is 5.69 Å². The number of hydrogen-bond donors (Lipinski definition) is 0. The van der Waals surface area contributed by atoms with Crippen LogP contribution in [0.2, 0.25) is 0 Å². The minimum atomic E-state index is -3.84. The van der Waals surface area contributed by atoms with E-state index in [0.717, 1.165) is 10.6 Å². The molecule has 0 radical (unpaired) electrons. The van der Waals surface area contributed by atoms with Crippen molar-refractivity contribution < 1.29 is 17.9 Å². The van der Waals surface area contributed by atoms with E-state index >= 15 is 0 Å². The fraction of sp³-hybridized carbons (Fsp3) is 0.333. The van der Waals surface area contributed by atoms with E-state index < -0.39 is 15.9 Å². The van der Waals surface area contributed by atoms with Gasteiger partial charge in [-0.3, -0.25) is 9.48 Å². The van der Waals surface area contributed by atoms with Crippen LogP contribution in [0, 0.1) is 13.8 Å². The highest BCUT2D eigenvalue weighted by atomic mass is 32.2. The van der Waals surface area contributed by atoms with E-state index in [2.05, 4.69) is 11.7 Å². The Balaban J connectivity index is 2.38. The molecule has 1 amide bonds. The third-order valence-electron chi connectivity index (χ3n) is 3.88. The van der Waals surface area contributed by atoms with Crippen LogP contribution in [-0.4, -0.2) is 37.0 Å². The van der Waals surface area contributed by atoms with Crippen molar-refractivity contribution in [1.82, 2.24) is 9.78 Å². The molecule has 0 saturated heterocycles. The molecule has 7 nitrogen and oxygen atoms in total. The van der Waals surface area contributed by atoms with E-state index in [1.807, 2.05) is 0 Å². The molecule has 2 rings (SSSR count). The fourth-order valence-electron chi connectivity index (χ4n) is 2.55. The summed E-state index contributed by atoms with van der Waals surface area (Å²) < 4.78 is 32.5. The van der Waals surface area contributed by atoms with Crippen molar-refractivity contribution in [2.24, 2.45) is 7.05 Å². The van der Waals surface area contributed by atoms with E-state index in [9.17, 15) is 13.2 Å². The van der Waals surface area contributed by atoms with E-state index in [4.69, 9.17) is 4.74 Å². The van der Waals surface area contributed by atoms with E-state index in [1.165, 1.54) is 0 Å². The van der Waals surface area contributed by atoms with Gasteiger partial charge >= 0.3 is 0 Å². The Kier molecular flexibility index (Phi) is 5.86. The van der Waals surface area contributed by atoms with Gasteiger partial charge in [0.2, 0.25) is 10.0 Å². The first-order chi connectivity index (χ1) is 12.2. The number of ether oxygens (including phenoxy) is 1. The first kappa shape index (κ1) is 19.7. The Hall–Kier alpha value is -2.61. The van der Waals surface area contributed by atoms with Crippen LogP contribution >= 0.6 is 0 Å². The van der Waals surface area contributed by atoms with Gasteiger partial charge in [-0.1, -0.05) is 6.08 Å². The molecule has 0 saturated carbocycles. The smallest absolute Gasteiger partial charge is 0.272 e. The Morgan fingerprint density at radius 1 is 1.31 bits per heavy atom. The summed E-state index contributed by atoms with van der Waals surface area (Å²) >= 11 is 0. The highest BCUT2D eigenvalue weighted by Gasteiger charge is 2.31. The molecule has 0 spiro atoms. The lowest BCUT2D eigenvalue weighted by Gasteiger charge is -2.21. The van der Waals surface area contributed by atoms with E-state index in [1.54, 1.807) is 55.9 Å². The lowest BCUT2D eigenvalue weighted by Crippen LogP contribution is -2.37. The van der Waals surface area contributed by atoms with Crippen molar-refractivity contribution in [3.05, 3.63) is 53.9 Å². The predicted octanol–water partition coefficient (Wildman–Crippen LogP) is 2.60. The molecule has 0 atom stereocenters. The number of anilines is 1. The van der Waals surface area contributed by atoms with Crippen molar-refractivity contribution in [3.63, 3.8) is 0 Å². The van der Waals surface area contributed by atoms with Gasteiger partial charge in [-0.05, 0) is 44.5 Å². The lowest BCUT2D eigenvalue weighted by molar-refractivity contribution is 0.100. The Bertz CT molecular complexity index is 915. The minimum absolute atomic E-state index is 0.245. The number of carbonyl (C=O) groups is 1. The maximum atomic E-state index is 12.9. The third kappa shape index (κ3) is 4.13. The zero-order valence-corrected chi connectivity index (χ0v) is 16.2. The number of aromatic nitrogens is 2. The van der Waals surface area contributed by atoms with Gasteiger partial charge in [0.1, 0.15) is 11.4 Å². The van der Waals surface area contributed by atoms with Crippen LogP contribution in [0.3, 0.4) is 0 Å². The van der Waals surface area contributed by atoms with Crippen molar-refractivity contribution in [1.29, 1.82) is 0 Å². The summed E-state index contributed by atoms with van der Waals surface area (Å²) in [5, 5.41) is 4.21. The van der Waals surface area contributed by atoms with Gasteiger partial charge in [-0.15, -0.1) is 6.58 Å². The molecule has 26 heavy (non-hydrogen) atoms. The zero-order valence-electron chi connectivity index (χ0n) is 15.4. The van der Waals surface area contributed by atoms with E-state index in [-0.39, 0.29) is 11.3 Å². The number of carbonyl (C=O) groups excluding carboxylic acids is 1. The molecule has 2 aromatic rings. The fourth-order valence-corrected chi connectivity index (χ4v) is 3.55. The van der Waals surface area contributed by atoms with Gasteiger partial charge in [0.25, 0.3) is 5.91 Å². The average molecular weight is 377 g/mol. The molecule has 0 fully saturated rings. The van der Waals surface area contributed by atoms with Crippen LogP contribution in [0.25, 0.3) is 0 Å². The Morgan fingerprint density at radius 3 is 2.38 bits per heavy atom. The number of benzene rings is 1. The molecule has 0 bridgehead atoms. The second kappa shape index (κ2) is 7.74. The van der Waals surface area contributed by atoms with E-state index in [0.29, 0.717) is 30.2 Å². The molecule has 1 heterocycles. The molecule has 1 aromatic carbocycles. The van der Waals surface area contributed by atoms with Crippen molar-refractivity contribution in [2.45, 2.75) is 20.3 Å². The van der Waals surface area contributed by atoms with Crippen LogP contribution in [0.1, 0.15) is 28.2 Å². The summed E-state index contributed by atoms with van der Waals surface area (Å²) in [5.74, 6) is -0.0348. The first-order valence-corrected chi connectivity index (χ1v) is 9.90.